The van der Waals surface area contributed by atoms with Crippen molar-refractivity contribution in [2.75, 3.05) is 20.1 Å². The molecule has 0 aliphatic carbocycles. The summed E-state index contributed by atoms with van der Waals surface area (Å²) in [5.74, 6) is 2.16. The van der Waals surface area contributed by atoms with Crippen LogP contribution in [-0.4, -0.2) is 25.0 Å². The molecule has 15 heavy (non-hydrogen) atoms. The van der Waals surface area contributed by atoms with Crippen molar-refractivity contribution in [3.8, 4) is 0 Å². The van der Waals surface area contributed by atoms with Gasteiger partial charge in [0.2, 0.25) is 0 Å². The molecule has 1 aromatic rings. The Morgan fingerprint density at radius 2 is 2.13 bits per heavy atom. The van der Waals surface area contributed by atoms with E-state index in [2.05, 4.69) is 16.3 Å². The van der Waals surface area contributed by atoms with Gasteiger partial charge in [-0.3, -0.25) is 4.90 Å². The predicted octanol–water partition coefficient (Wildman–Crippen LogP) is 1.90. The van der Waals surface area contributed by atoms with E-state index in [1.54, 1.807) is 0 Å². The lowest BCUT2D eigenvalue weighted by molar-refractivity contribution is 0.294. The van der Waals surface area contributed by atoms with E-state index < -0.39 is 0 Å². The van der Waals surface area contributed by atoms with E-state index in [-0.39, 0.29) is 0 Å². The Bertz CT molecular complexity index is 313. The summed E-state index contributed by atoms with van der Waals surface area (Å²) in [5.41, 5.74) is 1.28. The van der Waals surface area contributed by atoms with Crippen molar-refractivity contribution >= 4 is 0 Å². The lowest BCUT2D eigenvalue weighted by atomic mass is 10.2. The van der Waals surface area contributed by atoms with Crippen LogP contribution in [0.25, 0.3) is 0 Å². The number of nitrogens with one attached hydrogen (secondary N) is 1. The minimum absolute atomic E-state index is 0.898. The summed E-state index contributed by atoms with van der Waals surface area (Å²) in [4.78, 5) is 2.46. The summed E-state index contributed by atoms with van der Waals surface area (Å²) < 4.78 is 5.75. The molecule has 1 fully saturated rings. The first kappa shape index (κ1) is 10.7. The van der Waals surface area contributed by atoms with Crippen LogP contribution >= 0.6 is 0 Å². The number of furan rings is 1. The summed E-state index contributed by atoms with van der Waals surface area (Å²) in [7, 11) is 1.96. The zero-order valence-corrected chi connectivity index (χ0v) is 9.68. The molecule has 1 N–H and O–H groups in total. The molecule has 0 amide bonds. The molecule has 0 atom stereocenters. The maximum Gasteiger partial charge on any atom is 0.118 e. The molecule has 0 bridgehead atoms. The van der Waals surface area contributed by atoms with Crippen molar-refractivity contribution in [1.82, 2.24) is 10.2 Å². The summed E-state index contributed by atoms with van der Waals surface area (Å²) in [6.07, 6.45) is 2.67. The zero-order chi connectivity index (χ0) is 10.7. The van der Waals surface area contributed by atoms with E-state index in [0.717, 1.165) is 24.6 Å². The Balaban J connectivity index is 1.98. The van der Waals surface area contributed by atoms with Crippen molar-refractivity contribution in [3.63, 3.8) is 0 Å². The fourth-order valence-electron chi connectivity index (χ4n) is 2.19. The average Bonchev–Trinajstić information content (AvgIpc) is 2.79. The first-order chi connectivity index (χ1) is 7.29. The fraction of sp³-hybridized carbons (Fsp3) is 0.667. The van der Waals surface area contributed by atoms with Gasteiger partial charge >= 0.3 is 0 Å². The molecule has 2 rings (SSSR count). The fourth-order valence-corrected chi connectivity index (χ4v) is 2.19. The molecular formula is C12H20N2O. The Hall–Kier alpha value is -0.800. The highest BCUT2D eigenvalue weighted by atomic mass is 16.3. The molecule has 1 aromatic heterocycles. The molecule has 84 valence electrons. The second kappa shape index (κ2) is 4.81. The van der Waals surface area contributed by atoms with Crippen molar-refractivity contribution in [2.45, 2.75) is 32.9 Å². The van der Waals surface area contributed by atoms with Gasteiger partial charge in [0.1, 0.15) is 11.5 Å². The molecule has 0 radical (unpaired) electrons. The maximum absolute atomic E-state index is 5.75. The minimum Gasteiger partial charge on any atom is -0.465 e. The van der Waals surface area contributed by atoms with Gasteiger partial charge in [-0.15, -0.1) is 0 Å². The normalized spacial score (nSPS) is 17.5. The molecule has 2 heterocycles. The molecule has 0 spiro atoms. The van der Waals surface area contributed by atoms with Crippen molar-refractivity contribution in [1.29, 1.82) is 0 Å². The second-order valence-electron chi connectivity index (χ2n) is 4.31. The van der Waals surface area contributed by atoms with Crippen LogP contribution in [0.5, 0.6) is 0 Å². The first-order valence-electron chi connectivity index (χ1n) is 5.74. The minimum atomic E-state index is 0.898. The van der Waals surface area contributed by atoms with E-state index >= 15 is 0 Å². The second-order valence-corrected chi connectivity index (χ2v) is 4.31. The van der Waals surface area contributed by atoms with Gasteiger partial charge in [0, 0.05) is 12.1 Å². The van der Waals surface area contributed by atoms with Crippen molar-refractivity contribution < 1.29 is 4.42 Å². The summed E-state index contributed by atoms with van der Waals surface area (Å²) in [6.45, 7) is 6.36. The van der Waals surface area contributed by atoms with Crippen molar-refractivity contribution in [3.05, 3.63) is 23.2 Å². The summed E-state index contributed by atoms with van der Waals surface area (Å²) in [6, 6.07) is 2.18. The molecule has 0 unspecified atom stereocenters. The predicted molar refractivity (Wildman–Crippen MR) is 60.7 cm³/mol. The molecule has 3 nitrogen and oxygen atoms in total. The molecule has 0 aromatic carbocycles. The third kappa shape index (κ3) is 2.61. The number of nitrogens with zero attached hydrogens (tertiary/aromatic N) is 1. The number of hydrogen-bond acceptors (Lipinski definition) is 3. The highest BCUT2D eigenvalue weighted by Crippen LogP contribution is 2.18. The lowest BCUT2D eigenvalue weighted by Gasteiger charge is -2.11. The largest absolute Gasteiger partial charge is 0.465 e. The number of rotatable bonds is 4. The molecular weight excluding hydrogens is 188 g/mol. The van der Waals surface area contributed by atoms with E-state index in [1.807, 2.05) is 14.0 Å². The van der Waals surface area contributed by atoms with Gasteiger partial charge in [-0.25, -0.2) is 0 Å². The van der Waals surface area contributed by atoms with Gasteiger partial charge < -0.3 is 9.73 Å². The van der Waals surface area contributed by atoms with E-state index in [0.29, 0.717) is 0 Å². The van der Waals surface area contributed by atoms with Gasteiger partial charge in [0.25, 0.3) is 0 Å². The SMILES string of the molecule is CNCc1cc(CN2CCCC2)oc1C. The van der Waals surface area contributed by atoms with E-state index in [4.69, 9.17) is 4.42 Å². The van der Waals surface area contributed by atoms with Gasteiger partial charge in [-0.2, -0.15) is 0 Å². The van der Waals surface area contributed by atoms with Crippen molar-refractivity contribution in [2.24, 2.45) is 0 Å². The monoisotopic (exact) mass is 208 g/mol. The molecule has 1 saturated heterocycles. The third-order valence-corrected chi connectivity index (χ3v) is 3.02. The summed E-state index contributed by atoms with van der Waals surface area (Å²) in [5, 5.41) is 3.16. The highest BCUT2D eigenvalue weighted by molar-refractivity contribution is 5.20. The Morgan fingerprint density at radius 3 is 2.80 bits per heavy atom. The smallest absolute Gasteiger partial charge is 0.118 e. The molecule has 0 saturated carbocycles. The average molecular weight is 208 g/mol. The topological polar surface area (TPSA) is 28.4 Å². The number of hydrogen-bond donors (Lipinski definition) is 1. The maximum atomic E-state index is 5.75. The quantitative estimate of drug-likeness (QED) is 0.819. The van der Waals surface area contributed by atoms with Crippen LogP contribution in [0.15, 0.2) is 10.5 Å². The highest BCUT2D eigenvalue weighted by Gasteiger charge is 2.14. The zero-order valence-electron chi connectivity index (χ0n) is 9.68. The van der Waals surface area contributed by atoms with Gasteiger partial charge in [-0.05, 0) is 46.0 Å². The Morgan fingerprint density at radius 1 is 1.40 bits per heavy atom. The molecule has 1 aliphatic rings. The van der Waals surface area contributed by atoms with Crippen LogP contribution in [0, 0.1) is 6.92 Å². The van der Waals surface area contributed by atoms with Gasteiger partial charge in [0.05, 0.1) is 6.54 Å². The number of aryl methyl sites for hydroxylation is 1. The van der Waals surface area contributed by atoms with E-state index in [9.17, 15) is 0 Å². The lowest BCUT2D eigenvalue weighted by Crippen LogP contribution is -2.17. The van der Waals surface area contributed by atoms with Crippen LogP contribution in [0.3, 0.4) is 0 Å². The molecule has 3 heteroatoms. The Labute approximate surface area is 91.4 Å². The third-order valence-electron chi connectivity index (χ3n) is 3.02. The number of likely N-dealkylation sites (tertiary alicyclic amines) is 1. The van der Waals surface area contributed by atoms with Crippen LogP contribution in [0.1, 0.15) is 29.9 Å². The van der Waals surface area contributed by atoms with Crippen LogP contribution in [0.4, 0.5) is 0 Å². The molecule has 1 aliphatic heterocycles. The van der Waals surface area contributed by atoms with E-state index in [1.165, 1.54) is 31.5 Å². The first-order valence-corrected chi connectivity index (χ1v) is 5.74. The van der Waals surface area contributed by atoms with Crippen LogP contribution < -0.4 is 5.32 Å². The van der Waals surface area contributed by atoms with Crippen LogP contribution in [0.2, 0.25) is 0 Å². The van der Waals surface area contributed by atoms with Crippen LogP contribution in [-0.2, 0) is 13.1 Å². The standard InChI is InChI=1S/C12H20N2O/c1-10-11(8-13-2)7-12(15-10)9-14-5-3-4-6-14/h7,13H,3-6,8-9H2,1-2H3. The van der Waals surface area contributed by atoms with Gasteiger partial charge in [-0.1, -0.05) is 0 Å². The summed E-state index contributed by atoms with van der Waals surface area (Å²) >= 11 is 0. The Kier molecular flexibility index (Phi) is 3.44. The van der Waals surface area contributed by atoms with Gasteiger partial charge in [0.15, 0.2) is 0 Å².